The van der Waals surface area contributed by atoms with E-state index < -0.39 is 15.8 Å². The standard InChI is InChI=1S/C24H20N6O5S/c1-16-7-8-18(13-21(16)30(34)35)23(31)25-14-22-26-27-24(36-15-17-5-3-2-4-6-17)28(22)19-9-11-20(12-10-19)29(32)33/h2-13H,14-15H2,1H3,(H,25,31). The second-order valence-electron chi connectivity index (χ2n) is 7.72. The maximum atomic E-state index is 12.7. The van der Waals surface area contributed by atoms with E-state index >= 15 is 0 Å². The van der Waals surface area contributed by atoms with Crippen LogP contribution in [0.3, 0.4) is 0 Å². The number of non-ortho nitro benzene ring substituents is 1. The molecule has 1 N–H and O–H groups in total. The van der Waals surface area contributed by atoms with Crippen LogP contribution in [0.5, 0.6) is 0 Å². The summed E-state index contributed by atoms with van der Waals surface area (Å²) in [5, 5.41) is 34.0. The highest BCUT2D eigenvalue weighted by atomic mass is 32.2. The minimum Gasteiger partial charge on any atom is -0.345 e. The van der Waals surface area contributed by atoms with Crippen LogP contribution in [0, 0.1) is 27.2 Å². The number of benzene rings is 3. The van der Waals surface area contributed by atoms with Gasteiger partial charge in [-0.05, 0) is 30.7 Å². The van der Waals surface area contributed by atoms with E-state index in [9.17, 15) is 25.0 Å². The molecule has 0 saturated carbocycles. The van der Waals surface area contributed by atoms with Gasteiger partial charge < -0.3 is 5.32 Å². The number of aromatic nitrogens is 3. The van der Waals surface area contributed by atoms with Gasteiger partial charge in [-0.3, -0.25) is 29.6 Å². The molecule has 0 fully saturated rings. The van der Waals surface area contributed by atoms with Crippen LogP contribution in [0.2, 0.25) is 0 Å². The van der Waals surface area contributed by atoms with Gasteiger partial charge in [0, 0.05) is 40.8 Å². The molecule has 0 unspecified atom stereocenters. The number of aryl methyl sites for hydroxylation is 1. The highest BCUT2D eigenvalue weighted by Gasteiger charge is 2.19. The van der Waals surface area contributed by atoms with E-state index in [0.717, 1.165) is 5.56 Å². The van der Waals surface area contributed by atoms with Crippen molar-refractivity contribution in [1.29, 1.82) is 0 Å². The predicted molar refractivity (Wildman–Crippen MR) is 133 cm³/mol. The number of nitrogens with one attached hydrogen (secondary N) is 1. The first kappa shape index (κ1) is 24.5. The number of amides is 1. The Hall–Kier alpha value is -4.58. The number of thioether (sulfide) groups is 1. The molecule has 182 valence electrons. The molecular weight excluding hydrogens is 484 g/mol. The molecule has 36 heavy (non-hydrogen) atoms. The summed E-state index contributed by atoms with van der Waals surface area (Å²) in [5.41, 5.74) is 2.08. The summed E-state index contributed by atoms with van der Waals surface area (Å²) in [4.78, 5) is 34.0. The van der Waals surface area contributed by atoms with Gasteiger partial charge in [-0.15, -0.1) is 10.2 Å². The number of carbonyl (C=O) groups excluding carboxylic acids is 1. The van der Waals surface area contributed by atoms with Crippen LogP contribution in [0.4, 0.5) is 11.4 Å². The molecule has 12 heteroatoms. The first-order valence-electron chi connectivity index (χ1n) is 10.7. The molecule has 0 atom stereocenters. The summed E-state index contributed by atoms with van der Waals surface area (Å²) in [6, 6.07) is 20.0. The number of carbonyl (C=O) groups is 1. The number of nitrogens with zero attached hydrogens (tertiary/aromatic N) is 5. The molecule has 0 radical (unpaired) electrons. The van der Waals surface area contributed by atoms with Crippen LogP contribution in [0.1, 0.15) is 27.3 Å². The van der Waals surface area contributed by atoms with E-state index in [2.05, 4.69) is 15.5 Å². The van der Waals surface area contributed by atoms with Gasteiger partial charge in [0.2, 0.25) is 0 Å². The third-order valence-electron chi connectivity index (χ3n) is 5.30. The van der Waals surface area contributed by atoms with E-state index in [1.807, 2.05) is 30.3 Å². The van der Waals surface area contributed by atoms with E-state index in [1.165, 1.54) is 42.1 Å². The van der Waals surface area contributed by atoms with Gasteiger partial charge in [0.1, 0.15) is 0 Å². The Balaban J connectivity index is 1.59. The van der Waals surface area contributed by atoms with Crippen molar-refractivity contribution in [3.05, 3.63) is 116 Å². The molecule has 0 saturated heterocycles. The minimum absolute atomic E-state index is 0.0175. The molecule has 4 rings (SSSR count). The summed E-state index contributed by atoms with van der Waals surface area (Å²) in [6.07, 6.45) is 0. The van der Waals surface area contributed by atoms with E-state index in [0.29, 0.717) is 28.0 Å². The molecule has 0 aliphatic rings. The first-order chi connectivity index (χ1) is 17.3. The molecule has 1 heterocycles. The van der Waals surface area contributed by atoms with Crippen LogP contribution in [0.15, 0.2) is 78.0 Å². The minimum atomic E-state index is -0.534. The van der Waals surface area contributed by atoms with Crippen molar-refractivity contribution in [3.63, 3.8) is 0 Å². The number of nitro groups is 2. The highest BCUT2D eigenvalue weighted by Crippen LogP contribution is 2.26. The quantitative estimate of drug-likeness (QED) is 0.197. The second-order valence-corrected chi connectivity index (χ2v) is 8.67. The summed E-state index contributed by atoms with van der Waals surface area (Å²) in [5.74, 6) is 0.509. The Kier molecular flexibility index (Phi) is 7.35. The summed E-state index contributed by atoms with van der Waals surface area (Å²) in [7, 11) is 0. The van der Waals surface area contributed by atoms with Crippen molar-refractivity contribution in [3.8, 4) is 5.69 Å². The molecule has 3 aromatic carbocycles. The fraction of sp³-hybridized carbons (Fsp3) is 0.125. The molecule has 0 spiro atoms. The predicted octanol–water partition coefficient (Wildman–Crippen LogP) is 4.61. The average Bonchev–Trinajstić information content (AvgIpc) is 3.29. The Morgan fingerprint density at radius 3 is 2.36 bits per heavy atom. The van der Waals surface area contributed by atoms with Crippen LogP contribution in [-0.2, 0) is 12.3 Å². The lowest BCUT2D eigenvalue weighted by Crippen LogP contribution is -2.24. The van der Waals surface area contributed by atoms with Crippen LogP contribution >= 0.6 is 11.8 Å². The molecule has 4 aromatic rings. The summed E-state index contributed by atoms with van der Waals surface area (Å²) < 4.78 is 1.72. The van der Waals surface area contributed by atoms with Crippen molar-refractivity contribution in [2.24, 2.45) is 0 Å². The van der Waals surface area contributed by atoms with Crippen molar-refractivity contribution < 1.29 is 14.6 Å². The van der Waals surface area contributed by atoms with Gasteiger partial charge in [0.15, 0.2) is 11.0 Å². The fourth-order valence-corrected chi connectivity index (χ4v) is 4.35. The lowest BCUT2D eigenvalue weighted by atomic mass is 10.1. The topological polar surface area (TPSA) is 146 Å². The van der Waals surface area contributed by atoms with E-state index in [1.54, 1.807) is 23.6 Å². The Morgan fingerprint density at radius 1 is 0.972 bits per heavy atom. The largest absolute Gasteiger partial charge is 0.345 e. The van der Waals surface area contributed by atoms with Crippen LogP contribution < -0.4 is 5.32 Å². The molecular formula is C24H20N6O5S. The van der Waals surface area contributed by atoms with Crippen molar-refractivity contribution in [2.75, 3.05) is 0 Å². The zero-order valence-corrected chi connectivity index (χ0v) is 19.8. The van der Waals surface area contributed by atoms with Crippen molar-refractivity contribution >= 4 is 29.0 Å². The smallest absolute Gasteiger partial charge is 0.273 e. The van der Waals surface area contributed by atoms with Gasteiger partial charge in [-0.1, -0.05) is 48.2 Å². The number of hydrogen-bond donors (Lipinski definition) is 1. The van der Waals surface area contributed by atoms with Crippen molar-refractivity contribution in [2.45, 2.75) is 24.4 Å². The van der Waals surface area contributed by atoms with Crippen LogP contribution in [0.25, 0.3) is 5.69 Å². The van der Waals surface area contributed by atoms with Crippen LogP contribution in [-0.4, -0.2) is 30.5 Å². The monoisotopic (exact) mass is 504 g/mol. The van der Waals surface area contributed by atoms with Gasteiger partial charge in [-0.2, -0.15) is 0 Å². The Bertz CT molecular complexity index is 1420. The fourth-order valence-electron chi connectivity index (χ4n) is 3.42. The van der Waals surface area contributed by atoms with E-state index in [-0.39, 0.29) is 23.5 Å². The first-order valence-corrected chi connectivity index (χ1v) is 11.7. The molecule has 1 amide bonds. The average molecular weight is 505 g/mol. The van der Waals surface area contributed by atoms with Crippen molar-refractivity contribution in [1.82, 2.24) is 20.1 Å². The van der Waals surface area contributed by atoms with Gasteiger partial charge in [-0.25, -0.2) is 0 Å². The zero-order chi connectivity index (χ0) is 25.7. The van der Waals surface area contributed by atoms with E-state index in [4.69, 9.17) is 0 Å². The number of hydrogen-bond acceptors (Lipinski definition) is 8. The lowest BCUT2D eigenvalue weighted by Gasteiger charge is -2.11. The zero-order valence-electron chi connectivity index (χ0n) is 19.0. The normalized spacial score (nSPS) is 10.7. The number of rotatable bonds is 9. The summed E-state index contributed by atoms with van der Waals surface area (Å²) in [6.45, 7) is 1.58. The molecule has 0 aliphatic carbocycles. The third-order valence-corrected chi connectivity index (χ3v) is 6.31. The third kappa shape index (κ3) is 5.55. The highest BCUT2D eigenvalue weighted by molar-refractivity contribution is 7.98. The van der Waals surface area contributed by atoms with Gasteiger partial charge >= 0.3 is 0 Å². The summed E-state index contributed by atoms with van der Waals surface area (Å²) >= 11 is 1.43. The van der Waals surface area contributed by atoms with Gasteiger partial charge in [0.25, 0.3) is 17.3 Å². The molecule has 1 aromatic heterocycles. The number of nitro benzene ring substituents is 2. The maximum absolute atomic E-state index is 12.7. The van der Waals surface area contributed by atoms with Gasteiger partial charge in [0.05, 0.1) is 16.4 Å². The molecule has 0 aliphatic heterocycles. The molecule has 0 bridgehead atoms. The maximum Gasteiger partial charge on any atom is 0.273 e. The molecule has 11 nitrogen and oxygen atoms in total. The lowest BCUT2D eigenvalue weighted by molar-refractivity contribution is -0.385. The Labute approximate surface area is 209 Å². The Morgan fingerprint density at radius 2 is 1.69 bits per heavy atom. The SMILES string of the molecule is Cc1ccc(C(=O)NCc2nnc(SCc3ccccc3)n2-c2ccc([N+](=O)[O-])cc2)cc1[N+](=O)[O-]. The second kappa shape index (κ2) is 10.8.